The summed E-state index contributed by atoms with van der Waals surface area (Å²) >= 11 is 6.10. The lowest BCUT2D eigenvalue weighted by atomic mass is 9.98. The van der Waals surface area contributed by atoms with Crippen LogP contribution in [0.3, 0.4) is 0 Å². The van der Waals surface area contributed by atoms with E-state index >= 15 is 0 Å². The molecule has 29 heavy (non-hydrogen) atoms. The molecule has 1 amide bonds. The predicted octanol–water partition coefficient (Wildman–Crippen LogP) is 4.90. The van der Waals surface area contributed by atoms with Gasteiger partial charge >= 0.3 is 0 Å². The van der Waals surface area contributed by atoms with E-state index in [1.807, 2.05) is 43.3 Å². The predicted molar refractivity (Wildman–Crippen MR) is 112 cm³/mol. The number of carbonyl (C=O) groups is 1. The maximum absolute atomic E-state index is 13.4. The first-order valence-corrected chi connectivity index (χ1v) is 9.50. The third kappa shape index (κ3) is 2.74. The number of rotatable bonds is 2. The topological polar surface area (TPSA) is 63.4 Å². The standard InChI is InChI=1S/C23H15ClN2O3/c1-13-7-10-18(25-12-13)26-20(14-5-3-2-4-6-14)19-21(27)16-11-15(24)8-9-17(16)29-22(19)23(26)28/h2-12,20H,1H3. The van der Waals surface area contributed by atoms with Crippen LogP contribution in [0, 0.1) is 6.92 Å². The summed E-state index contributed by atoms with van der Waals surface area (Å²) in [6, 6.07) is 17.2. The van der Waals surface area contributed by atoms with Gasteiger partial charge in [-0.3, -0.25) is 14.5 Å². The molecule has 0 saturated carbocycles. The maximum atomic E-state index is 13.4. The zero-order valence-electron chi connectivity index (χ0n) is 15.4. The molecular weight excluding hydrogens is 388 g/mol. The summed E-state index contributed by atoms with van der Waals surface area (Å²) in [5.74, 6) is 0.113. The van der Waals surface area contributed by atoms with E-state index in [1.165, 1.54) is 4.90 Å². The molecule has 142 valence electrons. The Morgan fingerprint density at radius 1 is 1.03 bits per heavy atom. The molecule has 6 heteroatoms. The monoisotopic (exact) mass is 402 g/mol. The number of carbonyl (C=O) groups excluding carboxylic acids is 1. The van der Waals surface area contributed by atoms with Crippen molar-refractivity contribution in [2.45, 2.75) is 13.0 Å². The van der Waals surface area contributed by atoms with Crippen LogP contribution in [0.5, 0.6) is 0 Å². The van der Waals surface area contributed by atoms with Crippen LogP contribution in [0.2, 0.25) is 5.02 Å². The first kappa shape index (κ1) is 17.6. The highest BCUT2D eigenvalue weighted by Crippen LogP contribution is 2.40. The molecule has 0 bridgehead atoms. The van der Waals surface area contributed by atoms with Gasteiger partial charge in [0.05, 0.1) is 17.0 Å². The number of benzene rings is 2. The average Bonchev–Trinajstić information content (AvgIpc) is 3.03. The highest BCUT2D eigenvalue weighted by Gasteiger charge is 2.44. The van der Waals surface area contributed by atoms with Crippen molar-refractivity contribution in [3.05, 3.63) is 105 Å². The zero-order chi connectivity index (χ0) is 20.1. The van der Waals surface area contributed by atoms with Gasteiger partial charge in [0.15, 0.2) is 5.43 Å². The lowest BCUT2D eigenvalue weighted by Gasteiger charge is -2.24. The molecule has 0 aliphatic carbocycles. The molecule has 5 nitrogen and oxygen atoms in total. The molecule has 0 fully saturated rings. The van der Waals surface area contributed by atoms with Gasteiger partial charge in [0.1, 0.15) is 11.4 Å². The first-order chi connectivity index (χ1) is 14.0. The molecule has 1 atom stereocenters. The molecule has 5 rings (SSSR count). The van der Waals surface area contributed by atoms with E-state index in [4.69, 9.17) is 16.0 Å². The fourth-order valence-corrected chi connectivity index (χ4v) is 3.91. The van der Waals surface area contributed by atoms with Crippen LogP contribution in [0.25, 0.3) is 11.0 Å². The Morgan fingerprint density at radius 3 is 2.55 bits per heavy atom. The summed E-state index contributed by atoms with van der Waals surface area (Å²) in [4.78, 5) is 32.7. The number of aromatic nitrogens is 1. The van der Waals surface area contributed by atoms with Crippen molar-refractivity contribution in [3.63, 3.8) is 0 Å². The zero-order valence-corrected chi connectivity index (χ0v) is 16.2. The summed E-state index contributed by atoms with van der Waals surface area (Å²) < 4.78 is 5.90. The van der Waals surface area contributed by atoms with Crippen LogP contribution in [0.15, 0.2) is 76.1 Å². The minimum Gasteiger partial charge on any atom is -0.450 e. The molecular formula is C23H15ClN2O3. The van der Waals surface area contributed by atoms with Crippen LogP contribution in [0.4, 0.5) is 5.82 Å². The van der Waals surface area contributed by atoms with Crippen molar-refractivity contribution in [2.24, 2.45) is 0 Å². The summed E-state index contributed by atoms with van der Waals surface area (Å²) in [7, 11) is 0. The number of nitrogens with zero attached hydrogens (tertiary/aromatic N) is 2. The number of amides is 1. The van der Waals surface area contributed by atoms with E-state index in [-0.39, 0.29) is 17.1 Å². The number of aryl methyl sites for hydroxylation is 1. The molecule has 0 N–H and O–H groups in total. The van der Waals surface area contributed by atoms with E-state index in [0.29, 0.717) is 27.4 Å². The molecule has 1 aliphatic heterocycles. The van der Waals surface area contributed by atoms with Crippen molar-refractivity contribution >= 4 is 34.3 Å². The van der Waals surface area contributed by atoms with Gasteiger partial charge in [-0.05, 0) is 42.3 Å². The van der Waals surface area contributed by atoms with Crippen molar-refractivity contribution in [1.82, 2.24) is 4.98 Å². The normalized spacial score (nSPS) is 15.7. The minimum atomic E-state index is -0.631. The van der Waals surface area contributed by atoms with E-state index in [0.717, 1.165) is 11.1 Å². The molecule has 0 saturated heterocycles. The summed E-state index contributed by atoms with van der Waals surface area (Å²) in [6.45, 7) is 1.92. The largest absolute Gasteiger partial charge is 0.450 e. The average molecular weight is 403 g/mol. The number of fused-ring (bicyclic) bond motifs is 2. The third-order valence-corrected chi connectivity index (χ3v) is 5.33. The SMILES string of the molecule is Cc1ccc(N2C(=O)c3oc4ccc(Cl)cc4c(=O)c3C2c2ccccc2)nc1. The first-order valence-electron chi connectivity index (χ1n) is 9.12. The lowest BCUT2D eigenvalue weighted by molar-refractivity contribution is 0.0970. The quantitative estimate of drug-likeness (QED) is 0.478. The Kier molecular flexibility index (Phi) is 4.00. The fraction of sp³-hybridized carbons (Fsp3) is 0.0870. The molecule has 0 radical (unpaired) electrons. The van der Waals surface area contributed by atoms with Gasteiger partial charge < -0.3 is 4.42 Å². The van der Waals surface area contributed by atoms with E-state index < -0.39 is 6.04 Å². The van der Waals surface area contributed by atoms with Crippen LogP contribution < -0.4 is 10.3 Å². The Bertz CT molecular complexity index is 1310. The van der Waals surface area contributed by atoms with Crippen LogP contribution in [-0.2, 0) is 0 Å². The molecule has 0 spiro atoms. The Labute approximate surface area is 171 Å². The summed E-state index contributed by atoms with van der Waals surface area (Å²) in [5, 5.41) is 0.783. The number of hydrogen-bond donors (Lipinski definition) is 0. The van der Waals surface area contributed by atoms with Gasteiger partial charge in [-0.25, -0.2) is 4.98 Å². The van der Waals surface area contributed by atoms with Crippen molar-refractivity contribution in [1.29, 1.82) is 0 Å². The molecule has 2 aromatic carbocycles. The highest BCUT2D eigenvalue weighted by atomic mass is 35.5. The number of pyridine rings is 1. The van der Waals surface area contributed by atoms with Gasteiger partial charge in [-0.1, -0.05) is 48.0 Å². The van der Waals surface area contributed by atoms with Crippen LogP contribution in [0.1, 0.15) is 33.3 Å². The van der Waals surface area contributed by atoms with Crippen LogP contribution >= 0.6 is 11.6 Å². The fourth-order valence-electron chi connectivity index (χ4n) is 3.73. The Morgan fingerprint density at radius 2 is 1.83 bits per heavy atom. The molecule has 2 aromatic heterocycles. The van der Waals surface area contributed by atoms with Gasteiger partial charge in [0.25, 0.3) is 5.91 Å². The lowest BCUT2D eigenvalue weighted by Crippen LogP contribution is -2.30. The summed E-state index contributed by atoms with van der Waals surface area (Å²) in [6.07, 6.45) is 1.69. The van der Waals surface area contributed by atoms with Crippen LogP contribution in [-0.4, -0.2) is 10.9 Å². The smallest absolute Gasteiger partial charge is 0.296 e. The van der Waals surface area contributed by atoms with Gasteiger partial charge in [-0.2, -0.15) is 0 Å². The highest BCUT2D eigenvalue weighted by molar-refractivity contribution is 6.31. The van der Waals surface area contributed by atoms with Gasteiger partial charge in [-0.15, -0.1) is 0 Å². The molecule has 1 unspecified atom stereocenters. The minimum absolute atomic E-state index is 0.0426. The Hall–Kier alpha value is -3.44. The van der Waals surface area contributed by atoms with Crippen molar-refractivity contribution in [2.75, 3.05) is 4.90 Å². The number of hydrogen-bond acceptors (Lipinski definition) is 4. The maximum Gasteiger partial charge on any atom is 0.296 e. The molecule has 4 aromatic rings. The second-order valence-electron chi connectivity index (χ2n) is 7.00. The van der Waals surface area contributed by atoms with E-state index in [1.54, 1.807) is 30.5 Å². The van der Waals surface area contributed by atoms with Crippen molar-refractivity contribution < 1.29 is 9.21 Å². The van der Waals surface area contributed by atoms with Crippen molar-refractivity contribution in [3.8, 4) is 0 Å². The van der Waals surface area contributed by atoms with Gasteiger partial charge in [0.2, 0.25) is 5.76 Å². The second kappa shape index (κ2) is 6.57. The third-order valence-electron chi connectivity index (χ3n) is 5.09. The number of anilines is 1. The number of halogens is 1. The molecule has 1 aliphatic rings. The summed E-state index contributed by atoms with van der Waals surface area (Å²) in [5.41, 5.74) is 2.15. The van der Waals surface area contributed by atoms with E-state index in [2.05, 4.69) is 4.98 Å². The molecule has 3 heterocycles. The van der Waals surface area contributed by atoms with E-state index in [9.17, 15) is 9.59 Å². The Balaban J connectivity index is 1.82. The van der Waals surface area contributed by atoms with Gasteiger partial charge in [0, 0.05) is 11.2 Å². The second-order valence-corrected chi connectivity index (χ2v) is 7.43.